The zero-order chi connectivity index (χ0) is 18.0. The lowest BCUT2D eigenvalue weighted by Gasteiger charge is -2.12. The lowest BCUT2D eigenvalue weighted by molar-refractivity contribution is 0.102. The Morgan fingerprint density at radius 1 is 1.20 bits per heavy atom. The topological polar surface area (TPSA) is 60.3 Å². The number of rotatable bonds is 4. The van der Waals surface area contributed by atoms with Gasteiger partial charge in [0.15, 0.2) is 0 Å². The van der Waals surface area contributed by atoms with Crippen LogP contribution >= 0.6 is 11.6 Å². The Morgan fingerprint density at radius 2 is 1.92 bits per heavy atom. The standard InChI is InChI=1S/C19H17ClN2O3/c1-3-22-11-16(18(23)15-10-12(20)4-9-17(15)22)19(24)21-13-5-7-14(25-2)8-6-13/h4-11H,3H2,1-2H3,(H,21,24). The quantitative estimate of drug-likeness (QED) is 0.770. The molecular weight excluding hydrogens is 340 g/mol. The fourth-order valence-electron chi connectivity index (χ4n) is 2.67. The number of fused-ring (bicyclic) bond motifs is 1. The third-order valence-corrected chi connectivity index (χ3v) is 4.21. The molecule has 2 aromatic carbocycles. The van der Waals surface area contributed by atoms with E-state index in [0.29, 0.717) is 28.4 Å². The molecule has 1 aromatic heterocycles. The zero-order valence-corrected chi connectivity index (χ0v) is 14.6. The number of pyridine rings is 1. The highest BCUT2D eigenvalue weighted by atomic mass is 35.5. The first-order valence-corrected chi connectivity index (χ1v) is 8.19. The normalized spacial score (nSPS) is 10.7. The van der Waals surface area contributed by atoms with E-state index in [1.807, 2.05) is 11.5 Å². The molecule has 25 heavy (non-hydrogen) atoms. The Labute approximate surface area is 149 Å². The largest absolute Gasteiger partial charge is 0.497 e. The van der Waals surface area contributed by atoms with Crippen LogP contribution in [0.2, 0.25) is 5.02 Å². The number of carbonyl (C=O) groups is 1. The van der Waals surface area contributed by atoms with Crippen LogP contribution < -0.4 is 15.5 Å². The predicted molar refractivity (Wildman–Crippen MR) is 99.8 cm³/mol. The van der Waals surface area contributed by atoms with Crippen molar-refractivity contribution >= 4 is 34.1 Å². The molecule has 1 N–H and O–H groups in total. The van der Waals surface area contributed by atoms with Crippen molar-refractivity contribution in [2.45, 2.75) is 13.5 Å². The van der Waals surface area contributed by atoms with Crippen molar-refractivity contribution in [2.24, 2.45) is 0 Å². The van der Waals surface area contributed by atoms with Crippen LogP contribution in [0.3, 0.4) is 0 Å². The molecule has 0 saturated carbocycles. The number of ether oxygens (including phenoxy) is 1. The molecule has 6 heteroatoms. The minimum Gasteiger partial charge on any atom is -0.497 e. The van der Waals surface area contributed by atoms with Crippen molar-refractivity contribution in [2.75, 3.05) is 12.4 Å². The summed E-state index contributed by atoms with van der Waals surface area (Å²) in [5.74, 6) is 0.228. The number of nitrogens with zero attached hydrogens (tertiary/aromatic N) is 1. The molecule has 5 nitrogen and oxygen atoms in total. The summed E-state index contributed by atoms with van der Waals surface area (Å²) in [5.41, 5.74) is 1.07. The minimum atomic E-state index is -0.459. The van der Waals surface area contributed by atoms with Gasteiger partial charge in [-0.25, -0.2) is 0 Å². The van der Waals surface area contributed by atoms with Crippen LogP contribution in [0.25, 0.3) is 10.9 Å². The van der Waals surface area contributed by atoms with Gasteiger partial charge in [0.25, 0.3) is 5.91 Å². The van der Waals surface area contributed by atoms with Crippen LogP contribution in [0.1, 0.15) is 17.3 Å². The summed E-state index contributed by atoms with van der Waals surface area (Å²) in [7, 11) is 1.57. The molecular formula is C19H17ClN2O3. The lowest BCUT2D eigenvalue weighted by Crippen LogP contribution is -2.23. The maximum Gasteiger partial charge on any atom is 0.261 e. The molecule has 0 unspecified atom stereocenters. The molecule has 3 aromatic rings. The van der Waals surface area contributed by atoms with Crippen LogP contribution in [0.4, 0.5) is 5.69 Å². The van der Waals surface area contributed by atoms with Crippen LogP contribution in [0.5, 0.6) is 5.75 Å². The van der Waals surface area contributed by atoms with E-state index in [1.165, 1.54) is 0 Å². The number of hydrogen-bond donors (Lipinski definition) is 1. The van der Waals surface area contributed by atoms with Gasteiger partial charge >= 0.3 is 0 Å². The van der Waals surface area contributed by atoms with Crippen LogP contribution in [0.15, 0.2) is 53.5 Å². The van der Waals surface area contributed by atoms with Gasteiger partial charge in [-0.15, -0.1) is 0 Å². The first-order chi connectivity index (χ1) is 12.0. The number of hydrogen-bond acceptors (Lipinski definition) is 3. The maximum atomic E-state index is 12.7. The van der Waals surface area contributed by atoms with Gasteiger partial charge in [0, 0.05) is 28.8 Å². The summed E-state index contributed by atoms with van der Waals surface area (Å²) in [6, 6.07) is 12.0. The zero-order valence-electron chi connectivity index (χ0n) is 13.9. The number of aryl methyl sites for hydroxylation is 1. The lowest BCUT2D eigenvalue weighted by atomic mass is 10.1. The second-order valence-corrected chi connectivity index (χ2v) is 5.94. The number of nitrogens with one attached hydrogen (secondary N) is 1. The fourth-order valence-corrected chi connectivity index (χ4v) is 2.84. The van der Waals surface area contributed by atoms with Gasteiger partial charge in [0.1, 0.15) is 11.3 Å². The number of anilines is 1. The smallest absolute Gasteiger partial charge is 0.261 e. The molecule has 1 heterocycles. The molecule has 0 radical (unpaired) electrons. The molecule has 0 bridgehead atoms. The number of halogens is 1. The van der Waals surface area contributed by atoms with E-state index in [0.717, 1.165) is 5.52 Å². The second-order valence-electron chi connectivity index (χ2n) is 5.50. The number of methoxy groups -OCH3 is 1. The minimum absolute atomic E-state index is 0.0763. The molecule has 128 valence electrons. The Morgan fingerprint density at radius 3 is 2.56 bits per heavy atom. The van der Waals surface area contributed by atoms with Gasteiger partial charge in [0.05, 0.1) is 12.6 Å². The van der Waals surface area contributed by atoms with E-state index in [-0.39, 0.29) is 11.0 Å². The van der Waals surface area contributed by atoms with Gasteiger partial charge in [-0.05, 0) is 49.4 Å². The van der Waals surface area contributed by atoms with Crippen molar-refractivity contribution in [3.8, 4) is 5.75 Å². The first-order valence-electron chi connectivity index (χ1n) is 7.81. The molecule has 0 spiro atoms. The highest BCUT2D eigenvalue weighted by Crippen LogP contribution is 2.19. The Hall–Kier alpha value is -2.79. The summed E-state index contributed by atoms with van der Waals surface area (Å²) < 4.78 is 6.95. The van der Waals surface area contributed by atoms with E-state index in [4.69, 9.17) is 16.3 Å². The van der Waals surface area contributed by atoms with Crippen molar-refractivity contribution < 1.29 is 9.53 Å². The number of carbonyl (C=O) groups excluding carboxylic acids is 1. The summed E-state index contributed by atoms with van der Waals surface area (Å²) in [6.07, 6.45) is 1.58. The molecule has 0 fully saturated rings. The number of aromatic nitrogens is 1. The van der Waals surface area contributed by atoms with E-state index >= 15 is 0 Å². The molecule has 3 rings (SSSR count). The second kappa shape index (κ2) is 6.99. The maximum absolute atomic E-state index is 12.7. The van der Waals surface area contributed by atoms with Gasteiger partial charge in [-0.1, -0.05) is 11.6 Å². The number of benzene rings is 2. The van der Waals surface area contributed by atoms with Gasteiger partial charge in [-0.3, -0.25) is 9.59 Å². The van der Waals surface area contributed by atoms with E-state index in [1.54, 1.807) is 55.8 Å². The van der Waals surface area contributed by atoms with Crippen molar-refractivity contribution in [3.05, 3.63) is 69.5 Å². The summed E-state index contributed by atoms with van der Waals surface area (Å²) in [6.45, 7) is 2.57. The Kier molecular flexibility index (Phi) is 4.76. The Balaban J connectivity index is 2.03. The highest BCUT2D eigenvalue weighted by molar-refractivity contribution is 6.31. The van der Waals surface area contributed by atoms with Crippen LogP contribution in [-0.4, -0.2) is 17.6 Å². The van der Waals surface area contributed by atoms with E-state index < -0.39 is 5.91 Å². The van der Waals surface area contributed by atoms with Gasteiger partial charge in [0.2, 0.25) is 5.43 Å². The summed E-state index contributed by atoms with van der Waals surface area (Å²) in [4.78, 5) is 25.3. The average Bonchev–Trinajstić information content (AvgIpc) is 2.63. The van der Waals surface area contributed by atoms with Crippen molar-refractivity contribution in [1.29, 1.82) is 0 Å². The number of amides is 1. The monoisotopic (exact) mass is 356 g/mol. The van der Waals surface area contributed by atoms with E-state index in [2.05, 4.69) is 5.32 Å². The molecule has 0 atom stereocenters. The SMILES string of the molecule is CCn1cc(C(=O)Nc2ccc(OC)cc2)c(=O)c2cc(Cl)ccc21. The summed E-state index contributed by atoms with van der Waals surface area (Å²) in [5, 5.41) is 3.63. The van der Waals surface area contributed by atoms with Crippen LogP contribution in [-0.2, 0) is 6.54 Å². The average molecular weight is 357 g/mol. The third kappa shape index (κ3) is 3.37. The van der Waals surface area contributed by atoms with Crippen molar-refractivity contribution in [3.63, 3.8) is 0 Å². The highest BCUT2D eigenvalue weighted by Gasteiger charge is 2.15. The molecule has 0 aliphatic heterocycles. The first kappa shape index (κ1) is 17.0. The fraction of sp³-hybridized carbons (Fsp3) is 0.158. The third-order valence-electron chi connectivity index (χ3n) is 3.98. The summed E-state index contributed by atoms with van der Waals surface area (Å²) >= 11 is 6.02. The van der Waals surface area contributed by atoms with Gasteiger partial charge in [-0.2, -0.15) is 0 Å². The van der Waals surface area contributed by atoms with Crippen molar-refractivity contribution in [1.82, 2.24) is 4.57 Å². The molecule has 0 aliphatic carbocycles. The Bertz CT molecular complexity index is 994. The van der Waals surface area contributed by atoms with Gasteiger partial charge < -0.3 is 14.6 Å². The van der Waals surface area contributed by atoms with Crippen LogP contribution in [0, 0.1) is 0 Å². The van der Waals surface area contributed by atoms with E-state index in [9.17, 15) is 9.59 Å². The molecule has 0 saturated heterocycles. The predicted octanol–water partition coefficient (Wildman–Crippen LogP) is 3.94. The molecule has 0 aliphatic rings. The molecule has 1 amide bonds.